The van der Waals surface area contributed by atoms with Gasteiger partial charge in [-0.15, -0.1) is 0 Å². The maximum atomic E-state index is 12.3. The molecule has 0 aliphatic rings. The van der Waals surface area contributed by atoms with Crippen molar-refractivity contribution in [1.29, 1.82) is 0 Å². The van der Waals surface area contributed by atoms with Crippen molar-refractivity contribution in [3.05, 3.63) is 33.4 Å². The van der Waals surface area contributed by atoms with Gasteiger partial charge in [0, 0.05) is 10.2 Å². The second-order valence-electron chi connectivity index (χ2n) is 6.86. The summed E-state index contributed by atoms with van der Waals surface area (Å²) in [5, 5.41) is 9.31. The van der Waals surface area contributed by atoms with Gasteiger partial charge in [-0.1, -0.05) is 38.8 Å². The Morgan fingerprint density at radius 1 is 1.23 bits per heavy atom. The Bertz CT molecular complexity index is 499. The summed E-state index contributed by atoms with van der Waals surface area (Å²) >= 11 is 2.26. The van der Waals surface area contributed by atoms with E-state index in [9.17, 15) is 9.90 Å². The molecule has 0 fully saturated rings. The quantitative estimate of drug-likeness (QED) is 0.389. The summed E-state index contributed by atoms with van der Waals surface area (Å²) < 4.78 is 6.16. The molecule has 1 aromatic carbocycles. The molecule has 1 atom stereocenters. The Kier molecular flexibility index (Phi) is 7.32. The number of ether oxygens (including phenoxy) is 1. The van der Waals surface area contributed by atoms with Gasteiger partial charge in [-0.05, 0) is 65.5 Å². The Morgan fingerprint density at radius 2 is 1.86 bits per heavy atom. The molecule has 4 heteroatoms. The maximum Gasteiger partial charge on any atom is 0.315 e. The van der Waals surface area contributed by atoms with E-state index in [-0.39, 0.29) is 18.0 Å². The van der Waals surface area contributed by atoms with Gasteiger partial charge in [0.15, 0.2) is 0 Å². The van der Waals surface area contributed by atoms with E-state index in [0.29, 0.717) is 0 Å². The Hall–Kier alpha value is -0.620. The Morgan fingerprint density at radius 3 is 2.41 bits per heavy atom. The number of hydrogen-bond donors (Lipinski definition) is 1. The fourth-order valence-electron chi connectivity index (χ4n) is 2.58. The summed E-state index contributed by atoms with van der Waals surface area (Å²) in [5.41, 5.74) is 0.343. The number of aliphatic hydroxyl groups excluding tert-OH is 1. The van der Waals surface area contributed by atoms with Crippen LogP contribution in [0.2, 0.25) is 0 Å². The monoisotopic (exact) mass is 418 g/mol. The second kappa shape index (κ2) is 8.29. The van der Waals surface area contributed by atoms with Crippen molar-refractivity contribution < 1.29 is 14.6 Å². The molecule has 0 aliphatic heterocycles. The zero-order chi connectivity index (χ0) is 16.8. The first kappa shape index (κ1) is 19.4. The van der Waals surface area contributed by atoms with Crippen LogP contribution in [0.5, 0.6) is 0 Å². The number of carbonyl (C=O) groups is 1. The summed E-state index contributed by atoms with van der Waals surface area (Å²) in [4.78, 5) is 12.3. The van der Waals surface area contributed by atoms with Crippen LogP contribution in [0.15, 0.2) is 24.3 Å². The molecule has 1 N–H and O–H groups in total. The lowest BCUT2D eigenvalue weighted by Crippen LogP contribution is -2.34. The number of unbranched alkanes of at least 4 members (excludes halogenated alkanes) is 1. The van der Waals surface area contributed by atoms with E-state index in [2.05, 4.69) is 42.5 Å². The topological polar surface area (TPSA) is 46.5 Å². The van der Waals surface area contributed by atoms with Gasteiger partial charge >= 0.3 is 5.97 Å². The number of halogens is 1. The minimum absolute atomic E-state index is 0.0518. The van der Waals surface area contributed by atoms with Crippen LogP contribution in [0.3, 0.4) is 0 Å². The molecule has 0 unspecified atom stereocenters. The summed E-state index contributed by atoms with van der Waals surface area (Å²) in [6.07, 6.45) is 3.62. The van der Waals surface area contributed by atoms with Gasteiger partial charge in [-0.3, -0.25) is 4.79 Å². The third kappa shape index (κ3) is 5.23. The first-order valence-electron chi connectivity index (χ1n) is 7.70. The molecule has 1 aromatic rings. The largest absolute Gasteiger partial charge is 0.468 e. The van der Waals surface area contributed by atoms with E-state index in [4.69, 9.17) is 4.74 Å². The molecule has 0 amide bonds. The molecule has 0 aliphatic carbocycles. The fraction of sp³-hybridized carbons (Fsp3) is 0.611. The lowest BCUT2D eigenvalue weighted by molar-refractivity contribution is -0.147. The highest BCUT2D eigenvalue weighted by molar-refractivity contribution is 14.1. The van der Waals surface area contributed by atoms with Crippen molar-refractivity contribution in [2.45, 2.75) is 51.9 Å². The molecule has 0 spiro atoms. The van der Waals surface area contributed by atoms with Gasteiger partial charge in [0.2, 0.25) is 0 Å². The van der Waals surface area contributed by atoms with Crippen molar-refractivity contribution in [2.24, 2.45) is 5.41 Å². The van der Waals surface area contributed by atoms with Gasteiger partial charge in [0.1, 0.15) is 0 Å². The number of hydrogen-bond acceptors (Lipinski definition) is 3. The third-order valence-corrected chi connectivity index (χ3v) is 4.98. The molecular formula is C18H27IO3. The molecule has 0 saturated heterocycles. The first-order chi connectivity index (χ1) is 10.2. The van der Waals surface area contributed by atoms with E-state index < -0.39 is 5.41 Å². The summed E-state index contributed by atoms with van der Waals surface area (Å²) in [7, 11) is 1.45. The SMILES string of the molecule is COC(=O)[C@](C)(CCCCC(C)(C)CO)c1cccc(I)c1. The van der Waals surface area contributed by atoms with Crippen LogP contribution in [-0.4, -0.2) is 24.8 Å². The molecule has 0 radical (unpaired) electrons. The van der Waals surface area contributed by atoms with Crippen molar-refractivity contribution in [1.82, 2.24) is 0 Å². The molecule has 1 rings (SSSR count). The van der Waals surface area contributed by atoms with Crippen LogP contribution in [-0.2, 0) is 14.9 Å². The predicted octanol–water partition coefficient (Wildman–Crippen LogP) is 4.30. The predicted molar refractivity (Wildman–Crippen MR) is 97.9 cm³/mol. The van der Waals surface area contributed by atoms with Crippen LogP contribution in [0, 0.1) is 8.99 Å². The molecule has 0 bridgehead atoms. The van der Waals surface area contributed by atoms with Gasteiger partial charge in [0.05, 0.1) is 12.5 Å². The highest BCUT2D eigenvalue weighted by atomic mass is 127. The summed E-state index contributed by atoms with van der Waals surface area (Å²) in [6.45, 7) is 6.28. The highest BCUT2D eigenvalue weighted by Gasteiger charge is 2.36. The number of aliphatic hydroxyl groups is 1. The van der Waals surface area contributed by atoms with Crippen molar-refractivity contribution in [3.8, 4) is 0 Å². The van der Waals surface area contributed by atoms with Crippen LogP contribution in [0.25, 0.3) is 0 Å². The van der Waals surface area contributed by atoms with E-state index in [0.717, 1.165) is 34.8 Å². The average molecular weight is 418 g/mol. The number of methoxy groups -OCH3 is 1. The fourth-order valence-corrected chi connectivity index (χ4v) is 3.13. The van der Waals surface area contributed by atoms with Crippen LogP contribution in [0.4, 0.5) is 0 Å². The van der Waals surface area contributed by atoms with Crippen molar-refractivity contribution in [3.63, 3.8) is 0 Å². The van der Waals surface area contributed by atoms with Gasteiger partial charge in [-0.2, -0.15) is 0 Å². The van der Waals surface area contributed by atoms with Crippen LogP contribution >= 0.6 is 22.6 Å². The van der Waals surface area contributed by atoms with E-state index in [1.54, 1.807) is 0 Å². The van der Waals surface area contributed by atoms with Gasteiger partial charge in [-0.25, -0.2) is 0 Å². The Balaban J connectivity index is 2.79. The van der Waals surface area contributed by atoms with E-state index in [1.165, 1.54) is 7.11 Å². The summed E-state index contributed by atoms with van der Waals surface area (Å²) in [6, 6.07) is 8.05. The van der Waals surface area contributed by atoms with Crippen LogP contribution < -0.4 is 0 Å². The van der Waals surface area contributed by atoms with E-state index >= 15 is 0 Å². The zero-order valence-electron chi connectivity index (χ0n) is 14.0. The molecular weight excluding hydrogens is 391 g/mol. The highest BCUT2D eigenvalue weighted by Crippen LogP contribution is 2.33. The molecule has 0 saturated carbocycles. The molecule has 124 valence electrons. The number of carbonyl (C=O) groups excluding carboxylic acids is 1. The smallest absolute Gasteiger partial charge is 0.315 e. The van der Waals surface area contributed by atoms with Gasteiger partial charge in [0.25, 0.3) is 0 Å². The van der Waals surface area contributed by atoms with Crippen LogP contribution in [0.1, 0.15) is 52.0 Å². The average Bonchev–Trinajstić information content (AvgIpc) is 2.50. The van der Waals surface area contributed by atoms with Crippen molar-refractivity contribution >= 4 is 28.6 Å². The van der Waals surface area contributed by atoms with E-state index in [1.807, 2.05) is 25.1 Å². The van der Waals surface area contributed by atoms with Gasteiger partial charge < -0.3 is 9.84 Å². The minimum Gasteiger partial charge on any atom is -0.468 e. The number of esters is 1. The molecule has 0 aromatic heterocycles. The summed E-state index contributed by atoms with van der Waals surface area (Å²) in [5.74, 6) is -0.184. The minimum atomic E-state index is -0.612. The maximum absolute atomic E-state index is 12.3. The number of rotatable bonds is 8. The normalized spacial score (nSPS) is 14.5. The lowest BCUT2D eigenvalue weighted by Gasteiger charge is -2.28. The Labute approximate surface area is 147 Å². The molecule has 22 heavy (non-hydrogen) atoms. The zero-order valence-corrected chi connectivity index (χ0v) is 16.1. The molecule has 0 heterocycles. The molecule has 3 nitrogen and oxygen atoms in total. The van der Waals surface area contributed by atoms with Crippen molar-refractivity contribution in [2.75, 3.05) is 13.7 Å². The first-order valence-corrected chi connectivity index (χ1v) is 8.78. The standard InChI is InChI=1S/C18H27IO3/c1-17(2,13-20)10-5-6-11-18(3,16(21)22-4)14-8-7-9-15(19)12-14/h7-9,12,20H,5-6,10-11,13H2,1-4H3/t18-/m1/s1. The second-order valence-corrected chi connectivity index (χ2v) is 8.11. The lowest BCUT2D eigenvalue weighted by atomic mass is 9.77. The number of benzene rings is 1. The third-order valence-electron chi connectivity index (χ3n) is 4.31.